The smallest absolute Gasteiger partial charge is 0.134 e. The van der Waals surface area contributed by atoms with E-state index in [9.17, 15) is 0 Å². The number of nitrogens with zero attached hydrogens (tertiary/aromatic N) is 1. The Morgan fingerprint density at radius 2 is 2.05 bits per heavy atom. The first-order valence-corrected chi connectivity index (χ1v) is 7.11. The molecular weight excluding hydrogens is 252 g/mol. The van der Waals surface area contributed by atoms with Crippen LogP contribution in [0.4, 0.5) is 0 Å². The van der Waals surface area contributed by atoms with E-state index >= 15 is 0 Å². The lowest BCUT2D eigenvalue weighted by atomic mass is 10.0. The zero-order valence-electron chi connectivity index (χ0n) is 12.5. The third-order valence-electron chi connectivity index (χ3n) is 3.52. The second-order valence-electron chi connectivity index (χ2n) is 5.34. The van der Waals surface area contributed by atoms with Crippen molar-refractivity contribution >= 4 is 11.0 Å². The van der Waals surface area contributed by atoms with Gasteiger partial charge in [0.15, 0.2) is 0 Å². The van der Waals surface area contributed by atoms with Crippen molar-refractivity contribution in [1.29, 1.82) is 0 Å². The van der Waals surface area contributed by atoms with Gasteiger partial charge in [-0.1, -0.05) is 18.2 Å². The lowest BCUT2D eigenvalue weighted by Crippen LogP contribution is -2.33. The Bertz CT molecular complexity index is 536. The highest BCUT2D eigenvalue weighted by Gasteiger charge is 2.19. The average molecular weight is 276 g/mol. The third kappa shape index (κ3) is 3.39. The Kier molecular flexibility index (Phi) is 5.17. The second-order valence-corrected chi connectivity index (χ2v) is 5.34. The molecule has 0 saturated carbocycles. The van der Waals surface area contributed by atoms with Gasteiger partial charge in [-0.2, -0.15) is 0 Å². The summed E-state index contributed by atoms with van der Waals surface area (Å²) in [6.45, 7) is 6.20. The van der Waals surface area contributed by atoms with Gasteiger partial charge in [0.25, 0.3) is 0 Å². The summed E-state index contributed by atoms with van der Waals surface area (Å²) in [7, 11) is 2.07. The molecule has 4 nitrogen and oxygen atoms in total. The molecular formula is C16H24N2O2. The lowest BCUT2D eigenvalue weighted by molar-refractivity contribution is 0.0565. The molecule has 0 saturated heterocycles. The summed E-state index contributed by atoms with van der Waals surface area (Å²) in [5.74, 6) is 0. The number of furan rings is 1. The van der Waals surface area contributed by atoms with Crippen LogP contribution < -0.4 is 5.73 Å². The third-order valence-corrected chi connectivity index (χ3v) is 3.52. The van der Waals surface area contributed by atoms with Crippen molar-refractivity contribution in [3.63, 3.8) is 0 Å². The van der Waals surface area contributed by atoms with Crippen LogP contribution in [0.1, 0.15) is 25.5 Å². The molecule has 0 spiro atoms. The molecule has 0 aliphatic carbocycles. The van der Waals surface area contributed by atoms with E-state index < -0.39 is 0 Å². The molecule has 1 heterocycles. The minimum absolute atomic E-state index is 0.148. The number of likely N-dealkylation sites (N-methyl/N-ethyl adjacent to an activating group) is 1. The van der Waals surface area contributed by atoms with E-state index in [2.05, 4.69) is 18.0 Å². The molecule has 0 fully saturated rings. The van der Waals surface area contributed by atoms with E-state index in [4.69, 9.17) is 14.9 Å². The van der Waals surface area contributed by atoms with Crippen LogP contribution in [-0.4, -0.2) is 37.7 Å². The Morgan fingerprint density at radius 1 is 1.30 bits per heavy atom. The van der Waals surface area contributed by atoms with E-state index in [0.29, 0.717) is 13.2 Å². The predicted molar refractivity (Wildman–Crippen MR) is 81.7 cm³/mol. The van der Waals surface area contributed by atoms with Crippen LogP contribution in [0.3, 0.4) is 0 Å². The van der Waals surface area contributed by atoms with E-state index in [-0.39, 0.29) is 12.1 Å². The first kappa shape index (κ1) is 15.0. The highest BCUT2D eigenvalue weighted by Crippen LogP contribution is 2.28. The Labute approximate surface area is 120 Å². The molecule has 0 bridgehead atoms. The minimum Gasteiger partial charge on any atom is -0.464 e. The van der Waals surface area contributed by atoms with Gasteiger partial charge in [-0.15, -0.1) is 0 Å². The fraction of sp³-hybridized carbons (Fsp3) is 0.500. The van der Waals surface area contributed by atoms with Crippen LogP contribution in [0.25, 0.3) is 11.0 Å². The van der Waals surface area contributed by atoms with Gasteiger partial charge in [-0.3, -0.25) is 4.90 Å². The van der Waals surface area contributed by atoms with Gasteiger partial charge in [0, 0.05) is 24.0 Å². The monoisotopic (exact) mass is 276 g/mol. The summed E-state index contributed by atoms with van der Waals surface area (Å²) in [6.07, 6.45) is 2.08. The number of fused-ring (bicyclic) bond motifs is 1. The van der Waals surface area contributed by atoms with Crippen molar-refractivity contribution < 1.29 is 9.15 Å². The lowest BCUT2D eigenvalue weighted by Gasteiger charge is -2.26. The van der Waals surface area contributed by atoms with Crippen molar-refractivity contribution in [3.8, 4) is 0 Å². The molecule has 1 atom stereocenters. The van der Waals surface area contributed by atoms with Gasteiger partial charge in [-0.25, -0.2) is 0 Å². The van der Waals surface area contributed by atoms with E-state index in [1.165, 1.54) is 0 Å². The maximum Gasteiger partial charge on any atom is 0.134 e. The Hall–Kier alpha value is -1.36. The van der Waals surface area contributed by atoms with Crippen molar-refractivity contribution in [2.45, 2.75) is 26.0 Å². The Balaban J connectivity index is 2.11. The van der Waals surface area contributed by atoms with E-state index in [0.717, 1.165) is 23.1 Å². The van der Waals surface area contributed by atoms with E-state index in [1.54, 1.807) is 0 Å². The number of hydrogen-bond donors (Lipinski definition) is 1. The van der Waals surface area contributed by atoms with Crippen LogP contribution in [0.15, 0.2) is 34.9 Å². The molecule has 2 aromatic rings. The SMILES string of the molecule is CC(C)OCCN(C)C(CN)c1coc2ccccc12. The van der Waals surface area contributed by atoms with Crippen LogP contribution in [0, 0.1) is 0 Å². The molecule has 2 rings (SSSR count). The summed E-state index contributed by atoms with van der Waals surface area (Å²) < 4.78 is 11.2. The first-order valence-electron chi connectivity index (χ1n) is 7.11. The molecule has 0 radical (unpaired) electrons. The van der Waals surface area contributed by atoms with Crippen molar-refractivity contribution in [2.24, 2.45) is 5.73 Å². The quantitative estimate of drug-likeness (QED) is 0.845. The van der Waals surface area contributed by atoms with Gasteiger partial charge in [-0.05, 0) is 27.0 Å². The van der Waals surface area contributed by atoms with Crippen molar-refractivity contribution in [3.05, 3.63) is 36.1 Å². The minimum atomic E-state index is 0.148. The van der Waals surface area contributed by atoms with Crippen LogP contribution >= 0.6 is 0 Å². The van der Waals surface area contributed by atoms with Crippen LogP contribution in [-0.2, 0) is 4.74 Å². The number of ether oxygens (including phenoxy) is 1. The van der Waals surface area contributed by atoms with Gasteiger partial charge in [0.2, 0.25) is 0 Å². The summed E-state index contributed by atoms with van der Waals surface area (Å²) in [5.41, 5.74) is 8.02. The molecule has 110 valence electrons. The molecule has 1 unspecified atom stereocenters. The summed E-state index contributed by atoms with van der Waals surface area (Å²) >= 11 is 0. The first-order chi connectivity index (χ1) is 9.63. The molecule has 1 aromatic carbocycles. The molecule has 0 aliphatic rings. The van der Waals surface area contributed by atoms with E-state index in [1.807, 2.05) is 38.3 Å². The van der Waals surface area contributed by atoms with Crippen LogP contribution in [0.5, 0.6) is 0 Å². The molecule has 1 aromatic heterocycles. The number of para-hydroxylation sites is 1. The van der Waals surface area contributed by atoms with Gasteiger partial charge in [0.1, 0.15) is 5.58 Å². The molecule has 0 aliphatic heterocycles. The topological polar surface area (TPSA) is 51.6 Å². The average Bonchev–Trinajstić information content (AvgIpc) is 2.83. The van der Waals surface area contributed by atoms with Gasteiger partial charge in [0.05, 0.1) is 25.0 Å². The maximum atomic E-state index is 5.96. The molecule has 4 heteroatoms. The normalized spacial score (nSPS) is 13.5. The number of hydrogen-bond acceptors (Lipinski definition) is 4. The summed E-state index contributed by atoms with van der Waals surface area (Å²) in [4.78, 5) is 2.22. The molecule has 20 heavy (non-hydrogen) atoms. The van der Waals surface area contributed by atoms with Crippen molar-refractivity contribution in [2.75, 3.05) is 26.7 Å². The molecule has 2 N–H and O–H groups in total. The number of nitrogens with two attached hydrogens (primary N) is 1. The fourth-order valence-electron chi connectivity index (χ4n) is 2.39. The van der Waals surface area contributed by atoms with Gasteiger partial charge >= 0.3 is 0 Å². The molecule has 0 amide bonds. The van der Waals surface area contributed by atoms with Crippen LogP contribution in [0.2, 0.25) is 0 Å². The number of benzene rings is 1. The number of rotatable bonds is 7. The van der Waals surface area contributed by atoms with Crippen molar-refractivity contribution in [1.82, 2.24) is 4.90 Å². The highest BCUT2D eigenvalue weighted by atomic mass is 16.5. The Morgan fingerprint density at radius 3 is 2.75 bits per heavy atom. The zero-order chi connectivity index (χ0) is 14.5. The summed E-state index contributed by atoms with van der Waals surface area (Å²) in [5, 5.41) is 1.14. The predicted octanol–water partition coefficient (Wildman–Crippen LogP) is 2.79. The fourth-order valence-corrected chi connectivity index (χ4v) is 2.39. The largest absolute Gasteiger partial charge is 0.464 e. The standard InChI is InChI=1S/C16H24N2O2/c1-12(2)19-9-8-18(3)15(10-17)14-11-20-16-7-5-4-6-13(14)16/h4-7,11-12,15H,8-10,17H2,1-3H3. The maximum absolute atomic E-state index is 5.96. The zero-order valence-corrected chi connectivity index (χ0v) is 12.5. The summed E-state index contributed by atoms with van der Waals surface area (Å²) in [6, 6.07) is 8.21. The van der Waals surface area contributed by atoms with Gasteiger partial charge < -0.3 is 14.9 Å². The highest BCUT2D eigenvalue weighted by molar-refractivity contribution is 5.81. The second kappa shape index (κ2) is 6.88.